The van der Waals surface area contributed by atoms with Gasteiger partial charge in [0.2, 0.25) is 0 Å². The average molecular weight is 331 g/mol. The van der Waals surface area contributed by atoms with Crippen molar-refractivity contribution in [1.29, 1.82) is 0 Å². The molecule has 1 aliphatic carbocycles. The molecule has 0 aromatic heterocycles. The molecule has 1 saturated heterocycles. The van der Waals surface area contributed by atoms with E-state index in [1.807, 2.05) is 0 Å². The van der Waals surface area contributed by atoms with Crippen molar-refractivity contribution in [1.82, 2.24) is 10.2 Å². The molecule has 0 bridgehead atoms. The first-order chi connectivity index (χ1) is 11.4. The molecule has 1 N–H and O–H groups in total. The molecule has 0 atom stereocenters. The van der Waals surface area contributed by atoms with Gasteiger partial charge in [0.15, 0.2) is 0 Å². The van der Waals surface area contributed by atoms with E-state index in [1.54, 1.807) is 19.1 Å². The smallest absolute Gasteiger partial charge is 0.323 e. The molecule has 1 heterocycles. The lowest BCUT2D eigenvalue weighted by Gasteiger charge is -2.24. The Morgan fingerprint density at radius 1 is 1.21 bits per heavy atom. The van der Waals surface area contributed by atoms with Gasteiger partial charge in [0.1, 0.15) is 5.54 Å². The number of nitro benzene ring substituents is 1. The van der Waals surface area contributed by atoms with Crippen LogP contribution in [0.1, 0.15) is 49.7 Å². The van der Waals surface area contributed by atoms with Crippen LogP contribution in [-0.2, 0) is 11.3 Å². The molecule has 3 rings (SSSR count). The van der Waals surface area contributed by atoms with E-state index < -0.39 is 16.5 Å². The van der Waals surface area contributed by atoms with Crippen LogP contribution in [0.15, 0.2) is 18.2 Å². The lowest BCUT2D eigenvalue weighted by Crippen LogP contribution is -2.46. The van der Waals surface area contributed by atoms with E-state index in [-0.39, 0.29) is 18.1 Å². The molecule has 0 unspecified atom stereocenters. The summed E-state index contributed by atoms with van der Waals surface area (Å²) in [4.78, 5) is 37.1. The number of benzene rings is 1. The molecule has 0 radical (unpaired) electrons. The SMILES string of the molecule is Cc1c(CN2C(=O)NC3(CCCCCC3)C2=O)cccc1[N+](=O)[O-]. The zero-order chi connectivity index (χ0) is 17.3. The predicted molar refractivity (Wildman–Crippen MR) is 87.3 cm³/mol. The standard InChI is InChI=1S/C17H21N3O4/c1-12-13(7-6-8-14(12)20(23)24)11-19-15(21)17(18-16(19)22)9-4-2-3-5-10-17/h6-8H,2-5,9-11H2,1H3,(H,18,22). The van der Waals surface area contributed by atoms with Gasteiger partial charge in [0.05, 0.1) is 11.5 Å². The molecule has 1 aliphatic heterocycles. The number of hydrogen-bond donors (Lipinski definition) is 1. The summed E-state index contributed by atoms with van der Waals surface area (Å²) in [6.45, 7) is 1.72. The third-order valence-corrected chi connectivity index (χ3v) is 5.15. The molecule has 7 heteroatoms. The van der Waals surface area contributed by atoms with E-state index in [9.17, 15) is 19.7 Å². The lowest BCUT2D eigenvalue weighted by atomic mass is 9.90. The second-order valence-corrected chi connectivity index (χ2v) is 6.64. The predicted octanol–water partition coefficient (Wildman–Crippen LogP) is 3.05. The van der Waals surface area contributed by atoms with Crippen molar-refractivity contribution in [3.63, 3.8) is 0 Å². The van der Waals surface area contributed by atoms with Crippen LogP contribution in [0.25, 0.3) is 0 Å². The molecule has 3 amide bonds. The Balaban J connectivity index is 1.86. The number of amides is 3. The second-order valence-electron chi connectivity index (χ2n) is 6.64. The van der Waals surface area contributed by atoms with Crippen molar-refractivity contribution in [2.45, 2.75) is 57.5 Å². The minimum Gasteiger partial charge on any atom is -0.323 e. The Labute approximate surface area is 140 Å². The van der Waals surface area contributed by atoms with E-state index in [1.165, 1.54) is 11.0 Å². The number of urea groups is 1. The summed E-state index contributed by atoms with van der Waals surface area (Å²) in [7, 11) is 0. The molecule has 1 aromatic carbocycles. The normalized spacial score (nSPS) is 20.1. The maximum Gasteiger partial charge on any atom is 0.325 e. The van der Waals surface area contributed by atoms with Crippen molar-refractivity contribution in [3.8, 4) is 0 Å². The van der Waals surface area contributed by atoms with Gasteiger partial charge in [0, 0.05) is 11.6 Å². The van der Waals surface area contributed by atoms with Gasteiger partial charge in [-0.1, -0.05) is 37.8 Å². The number of rotatable bonds is 3. The second kappa shape index (κ2) is 6.22. The summed E-state index contributed by atoms with van der Waals surface area (Å²) in [6.07, 6.45) is 5.35. The van der Waals surface area contributed by atoms with Gasteiger partial charge in [0.25, 0.3) is 11.6 Å². The number of nitrogens with zero attached hydrogens (tertiary/aromatic N) is 2. The Morgan fingerprint density at radius 2 is 1.88 bits per heavy atom. The Morgan fingerprint density at radius 3 is 2.50 bits per heavy atom. The van der Waals surface area contributed by atoms with Gasteiger partial charge in [-0.3, -0.25) is 19.8 Å². The monoisotopic (exact) mass is 331 g/mol. The number of carbonyl (C=O) groups is 2. The first kappa shape index (κ1) is 16.4. The van der Waals surface area contributed by atoms with E-state index in [0.29, 0.717) is 24.0 Å². The highest BCUT2D eigenvalue weighted by molar-refractivity contribution is 6.07. The van der Waals surface area contributed by atoms with Gasteiger partial charge in [-0.2, -0.15) is 0 Å². The van der Waals surface area contributed by atoms with E-state index in [2.05, 4.69) is 5.32 Å². The third kappa shape index (κ3) is 2.74. The number of hydrogen-bond acceptors (Lipinski definition) is 4. The summed E-state index contributed by atoms with van der Waals surface area (Å²) < 4.78 is 0. The van der Waals surface area contributed by atoms with Crippen molar-refractivity contribution in [3.05, 3.63) is 39.4 Å². The molecule has 1 spiro atoms. The summed E-state index contributed by atoms with van der Waals surface area (Å²) >= 11 is 0. The van der Waals surface area contributed by atoms with Gasteiger partial charge in [-0.05, 0) is 25.3 Å². The fourth-order valence-corrected chi connectivity index (χ4v) is 3.70. The van der Waals surface area contributed by atoms with Gasteiger partial charge < -0.3 is 5.32 Å². The van der Waals surface area contributed by atoms with E-state index in [4.69, 9.17) is 0 Å². The number of imide groups is 1. The van der Waals surface area contributed by atoms with Crippen LogP contribution in [-0.4, -0.2) is 27.3 Å². The molecule has 1 saturated carbocycles. The lowest BCUT2D eigenvalue weighted by molar-refractivity contribution is -0.385. The fourth-order valence-electron chi connectivity index (χ4n) is 3.70. The fraction of sp³-hybridized carbons (Fsp3) is 0.529. The zero-order valence-corrected chi connectivity index (χ0v) is 13.7. The average Bonchev–Trinajstić information content (AvgIpc) is 2.72. The highest BCUT2D eigenvalue weighted by atomic mass is 16.6. The highest BCUT2D eigenvalue weighted by Crippen LogP contribution is 2.34. The minimum absolute atomic E-state index is 0.00346. The topological polar surface area (TPSA) is 92.6 Å². The Kier molecular flexibility index (Phi) is 4.26. The van der Waals surface area contributed by atoms with Crippen molar-refractivity contribution in [2.24, 2.45) is 0 Å². The van der Waals surface area contributed by atoms with Gasteiger partial charge >= 0.3 is 6.03 Å². The molecule has 1 aromatic rings. The molecule has 2 fully saturated rings. The largest absolute Gasteiger partial charge is 0.325 e. The summed E-state index contributed by atoms with van der Waals surface area (Å²) in [5.74, 6) is -0.194. The Bertz CT molecular complexity index is 693. The van der Waals surface area contributed by atoms with Crippen LogP contribution >= 0.6 is 0 Å². The summed E-state index contributed by atoms with van der Waals surface area (Å²) in [5.41, 5.74) is 0.342. The van der Waals surface area contributed by atoms with Gasteiger partial charge in [-0.25, -0.2) is 4.79 Å². The van der Waals surface area contributed by atoms with Crippen LogP contribution in [0.3, 0.4) is 0 Å². The zero-order valence-electron chi connectivity index (χ0n) is 13.7. The van der Waals surface area contributed by atoms with Crippen LogP contribution < -0.4 is 5.32 Å². The first-order valence-electron chi connectivity index (χ1n) is 8.32. The van der Waals surface area contributed by atoms with E-state index in [0.717, 1.165) is 25.7 Å². The summed E-state index contributed by atoms with van der Waals surface area (Å²) in [5, 5.41) is 14.0. The quantitative estimate of drug-likeness (QED) is 0.523. The summed E-state index contributed by atoms with van der Waals surface area (Å²) in [6, 6.07) is 4.34. The number of carbonyl (C=O) groups excluding carboxylic acids is 2. The van der Waals surface area contributed by atoms with Crippen molar-refractivity contribution < 1.29 is 14.5 Å². The van der Waals surface area contributed by atoms with Gasteiger partial charge in [-0.15, -0.1) is 0 Å². The number of nitrogens with one attached hydrogen (secondary N) is 1. The maximum absolute atomic E-state index is 12.9. The molecular formula is C17H21N3O4. The minimum atomic E-state index is -0.776. The molecule has 7 nitrogen and oxygen atoms in total. The molecule has 2 aliphatic rings. The van der Waals surface area contributed by atoms with Crippen LogP contribution in [0.2, 0.25) is 0 Å². The highest BCUT2D eigenvalue weighted by Gasteiger charge is 2.50. The van der Waals surface area contributed by atoms with Crippen LogP contribution in [0.5, 0.6) is 0 Å². The van der Waals surface area contributed by atoms with E-state index >= 15 is 0 Å². The first-order valence-corrected chi connectivity index (χ1v) is 8.32. The Hall–Kier alpha value is -2.44. The number of nitro groups is 1. The molecular weight excluding hydrogens is 310 g/mol. The van der Waals surface area contributed by atoms with Crippen LogP contribution in [0.4, 0.5) is 10.5 Å². The van der Waals surface area contributed by atoms with Crippen molar-refractivity contribution in [2.75, 3.05) is 0 Å². The molecule has 128 valence electrons. The maximum atomic E-state index is 12.9. The third-order valence-electron chi connectivity index (χ3n) is 5.15. The molecule has 24 heavy (non-hydrogen) atoms. The van der Waals surface area contributed by atoms with Crippen LogP contribution in [0, 0.1) is 17.0 Å². The van der Waals surface area contributed by atoms with Crippen molar-refractivity contribution >= 4 is 17.6 Å².